The quantitative estimate of drug-likeness (QED) is 0.654. The number of aromatic nitrogens is 2. The van der Waals surface area contributed by atoms with Crippen LogP contribution in [0.1, 0.15) is 29.8 Å². The first-order valence-electron chi connectivity index (χ1n) is 7.69. The third kappa shape index (κ3) is 4.81. The molecule has 2 aromatic rings. The van der Waals surface area contributed by atoms with Crippen LogP contribution in [0.5, 0.6) is 0 Å². The van der Waals surface area contributed by atoms with Gasteiger partial charge in [-0.1, -0.05) is 26.0 Å². The van der Waals surface area contributed by atoms with E-state index in [1.807, 2.05) is 0 Å². The highest BCUT2D eigenvalue weighted by Crippen LogP contribution is 2.10. The molecule has 0 saturated carbocycles. The van der Waals surface area contributed by atoms with Gasteiger partial charge in [-0.3, -0.25) is 4.79 Å². The van der Waals surface area contributed by atoms with Gasteiger partial charge in [-0.25, -0.2) is 9.48 Å². The molecule has 6 nitrogen and oxygen atoms in total. The van der Waals surface area contributed by atoms with Crippen LogP contribution >= 0.6 is 0 Å². The Morgan fingerprint density at radius 3 is 2.58 bits per heavy atom. The zero-order chi connectivity index (χ0) is 17.5. The fourth-order valence-electron chi connectivity index (χ4n) is 2.12. The van der Waals surface area contributed by atoms with Crippen molar-refractivity contribution in [2.75, 3.05) is 12.4 Å². The zero-order valence-electron chi connectivity index (χ0n) is 14.0. The van der Waals surface area contributed by atoms with E-state index in [0.717, 1.165) is 12.1 Å². The number of hydrogen-bond donors (Lipinski definition) is 1. The molecule has 0 fully saturated rings. The van der Waals surface area contributed by atoms with Crippen LogP contribution in [0.15, 0.2) is 42.6 Å². The van der Waals surface area contributed by atoms with Gasteiger partial charge in [0.25, 0.3) is 0 Å². The summed E-state index contributed by atoms with van der Waals surface area (Å²) in [5, 5.41) is 7.00. The number of hydrogen-bond acceptors (Lipinski definition) is 4. The normalized spacial score (nSPS) is 11.0. The molecule has 0 aliphatic rings. The number of benzene rings is 1. The Morgan fingerprint density at radius 2 is 1.96 bits per heavy atom. The lowest BCUT2D eigenvalue weighted by Gasteiger charge is -2.09. The highest BCUT2D eigenvalue weighted by Gasteiger charge is 2.07. The fourth-order valence-corrected chi connectivity index (χ4v) is 2.12. The summed E-state index contributed by atoms with van der Waals surface area (Å²) in [6, 6.07) is 8.57. The monoisotopic (exact) mass is 327 g/mol. The molecule has 2 rings (SSSR count). The van der Waals surface area contributed by atoms with Gasteiger partial charge in [0, 0.05) is 18.7 Å². The Kier molecular flexibility index (Phi) is 5.89. The van der Waals surface area contributed by atoms with Gasteiger partial charge in [-0.2, -0.15) is 5.10 Å². The second-order valence-electron chi connectivity index (χ2n) is 5.73. The molecule has 1 aromatic carbocycles. The summed E-state index contributed by atoms with van der Waals surface area (Å²) < 4.78 is 6.41. The van der Waals surface area contributed by atoms with E-state index in [1.165, 1.54) is 13.2 Å². The van der Waals surface area contributed by atoms with Crippen LogP contribution in [-0.4, -0.2) is 28.8 Å². The lowest BCUT2D eigenvalue weighted by molar-refractivity contribution is -0.111. The van der Waals surface area contributed by atoms with Crippen LogP contribution in [0, 0.1) is 5.92 Å². The molecule has 0 spiro atoms. The van der Waals surface area contributed by atoms with Crippen molar-refractivity contribution in [3.8, 4) is 0 Å². The van der Waals surface area contributed by atoms with E-state index in [-0.39, 0.29) is 11.9 Å². The van der Waals surface area contributed by atoms with E-state index in [9.17, 15) is 9.59 Å². The summed E-state index contributed by atoms with van der Waals surface area (Å²) in [6.45, 7) is 4.91. The number of nitrogens with one attached hydrogen (secondary N) is 1. The van der Waals surface area contributed by atoms with E-state index in [0.29, 0.717) is 17.3 Å². The standard InChI is InChI=1S/C18H21N3O3/c1-13(2)12-21-16(10-11-19-21)20-17(22)9-6-14-4-7-15(8-5-14)18(23)24-3/h4-11,13H,12H2,1-3H3,(H,20,22)/b9-6+. The van der Waals surface area contributed by atoms with E-state index < -0.39 is 0 Å². The maximum Gasteiger partial charge on any atom is 0.337 e. The molecule has 0 saturated heterocycles. The van der Waals surface area contributed by atoms with E-state index in [2.05, 4.69) is 29.0 Å². The van der Waals surface area contributed by atoms with Crippen LogP contribution in [0.3, 0.4) is 0 Å². The van der Waals surface area contributed by atoms with Crippen LogP contribution in [0.2, 0.25) is 0 Å². The van der Waals surface area contributed by atoms with Gasteiger partial charge in [0.05, 0.1) is 18.9 Å². The molecule has 0 aliphatic heterocycles. The van der Waals surface area contributed by atoms with Crippen molar-refractivity contribution in [1.82, 2.24) is 9.78 Å². The SMILES string of the molecule is COC(=O)c1ccc(/C=C/C(=O)Nc2ccnn2CC(C)C)cc1. The average Bonchev–Trinajstić information content (AvgIpc) is 2.98. The summed E-state index contributed by atoms with van der Waals surface area (Å²) >= 11 is 0. The molecule has 0 bridgehead atoms. The topological polar surface area (TPSA) is 73.2 Å². The van der Waals surface area contributed by atoms with Crippen molar-refractivity contribution in [2.24, 2.45) is 5.92 Å². The second kappa shape index (κ2) is 8.10. The van der Waals surface area contributed by atoms with Gasteiger partial charge in [-0.05, 0) is 29.7 Å². The lowest BCUT2D eigenvalue weighted by Crippen LogP contribution is -2.15. The lowest BCUT2D eigenvalue weighted by atomic mass is 10.1. The predicted molar refractivity (Wildman–Crippen MR) is 92.5 cm³/mol. The first-order valence-corrected chi connectivity index (χ1v) is 7.69. The van der Waals surface area contributed by atoms with Crippen LogP contribution in [0.4, 0.5) is 5.82 Å². The Labute approximate surface area is 141 Å². The number of ether oxygens (including phenoxy) is 1. The molecular weight excluding hydrogens is 306 g/mol. The number of esters is 1. The van der Waals surface area contributed by atoms with E-state index >= 15 is 0 Å². The van der Waals surface area contributed by atoms with Crippen LogP contribution in [0.25, 0.3) is 6.08 Å². The summed E-state index contributed by atoms with van der Waals surface area (Å²) in [7, 11) is 1.34. The highest BCUT2D eigenvalue weighted by atomic mass is 16.5. The Hall–Kier alpha value is -2.89. The smallest absolute Gasteiger partial charge is 0.337 e. The molecule has 24 heavy (non-hydrogen) atoms. The summed E-state index contributed by atoms with van der Waals surface area (Å²) in [5.41, 5.74) is 1.28. The van der Waals surface area contributed by atoms with Gasteiger partial charge in [0.1, 0.15) is 5.82 Å². The molecule has 1 heterocycles. The molecule has 6 heteroatoms. The van der Waals surface area contributed by atoms with Crippen molar-refractivity contribution >= 4 is 23.8 Å². The molecule has 0 unspecified atom stereocenters. The molecule has 1 aromatic heterocycles. The van der Waals surface area contributed by atoms with Crippen molar-refractivity contribution in [1.29, 1.82) is 0 Å². The summed E-state index contributed by atoms with van der Waals surface area (Å²) in [6.07, 6.45) is 4.78. The number of anilines is 1. The Morgan fingerprint density at radius 1 is 1.25 bits per heavy atom. The van der Waals surface area contributed by atoms with E-state index in [4.69, 9.17) is 0 Å². The minimum Gasteiger partial charge on any atom is -0.465 e. The van der Waals surface area contributed by atoms with Gasteiger partial charge >= 0.3 is 5.97 Å². The Balaban J connectivity index is 1.98. The number of carbonyl (C=O) groups excluding carboxylic acids is 2. The average molecular weight is 327 g/mol. The molecular formula is C18H21N3O3. The number of methoxy groups -OCH3 is 1. The van der Waals surface area contributed by atoms with Gasteiger partial charge in [0.2, 0.25) is 5.91 Å². The number of nitrogens with zero attached hydrogens (tertiary/aromatic N) is 2. The fraction of sp³-hybridized carbons (Fsp3) is 0.278. The van der Waals surface area contributed by atoms with Gasteiger partial charge < -0.3 is 10.1 Å². The van der Waals surface area contributed by atoms with Gasteiger partial charge in [0.15, 0.2) is 0 Å². The molecule has 0 radical (unpaired) electrons. The second-order valence-corrected chi connectivity index (χ2v) is 5.73. The van der Waals surface area contributed by atoms with Crippen molar-refractivity contribution in [3.63, 3.8) is 0 Å². The van der Waals surface area contributed by atoms with Gasteiger partial charge in [-0.15, -0.1) is 0 Å². The molecule has 1 N–H and O–H groups in total. The zero-order valence-corrected chi connectivity index (χ0v) is 14.0. The third-order valence-electron chi connectivity index (χ3n) is 3.26. The largest absolute Gasteiger partial charge is 0.465 e. The molecule has 0 atom stereocenters. The Bertz CT molecular complexity index is 730. The number of rotatable bonds is 6. The minimum atomic E-state index is -0.387. The first-order chi connectivity index (χ1) is 11.5. The number of amides is 1. The van der Waals surface area contributed by atoms with Crippen LogP contribution < -0.4 is 5.32 Å². The molecule has 1 amide bonds. The van der Waals surface area contributed by atoms with Crippen molar-refractivity contribution in [3.05, 3.63) is 53.7 Å². The van der Waals surface area contributed by atoms with E-state index in [1.54, 1.807) is 47.3 Å². The third-order valence-corrected chi connectivity index (χ3v) is 3.26. The van der Waals surface area contributed by atoms with Crippen molar-refractivity contribution in [2.45, 2.75) is 20.4 Å². The highest BCUT2D eigenvalue weighted by molar-refractivity contribution is 6.01. The predicted octanol–water partition coefficient (Wildman–Crippen LogP) is 2.98. The maximum atomic E-state index is 12.0. The molecule has 0 aliphatic carbocycles. The van der Waals surface area contributed by atoms with Crippen LogP contribution in [-0.2, 0) is 16.1 Å². The summed E-state index contributed by atoms with van der Waals surface area (Å²) in [5.74, 6) is 0.475. The minimum absolute atomic E-state index is 0.238. The number of carbonyl (C=O) groups is 2. The van der Waals surface area contributed by atoms with Crippen molar-refractivity contribution < 1.29 is 14.3 Å². The maximum absolute atomic E-state index is 12.0. The molecule has 126 valence electrons. The first kappa shape index (κ1) is 17.5. The summed E-state index contributed by atoms with van der Waals surface area (Å²) in [4.78, 5) is 23.4.